The van der Waals surface area contributed by atoms with E-state index in [1.54, 1.807) is 13.0 Å². The number of nitrogens with two attached hydrogens (primary N) is 1. The summed E-state index contributed by atoms with van der Waals surface area (Å²) in [4.78, 5) is 32.8. The van der Waals surface area contributed by atoms with Crippen molar-refractivity contribution in [3.05, 3.63) is 53.7 Å². The highest BCUT2D eigenvalue weighted by molar-refractivity contribution is 5.98. The number of carbonyl (C=O) groups excluding carboxylic acids is 2. The van der Waals surface area contributed by atoms with E-state index in [2.05, 4.69) is 25.7 Å². The molecule has 2 atom stereocenters. The van der Waals surface area contributed by atoms with Gasteiger partial charge in [-0.2, -0.15) is 18.3 Å². The Labute approximate surface area is 230 Å². The van der Waals surface area contributed by atoms with E-state index in [1.165, 1.54) is 29.1 Å². The van der Waals surface area contributed by atoms with Gasteiger partial charge in [0.1, 0.15) is 6.67 Å². The van der Waals surface area contributed by atoms with E-state index in [9.17, 15) is 27.2 Å². The number of benzene rings is 1. The van der Waals surface area contributed by atoms with Gasteiger partial charge in [-0.05, 0) is 30.9 Å². The van der Waals surface area contributed by atoms with Crippen LogP contribution in [0.4, 0.5) is 29.1 Å². The van der Waals surface area contributed by atoms with Crippen molar-refractivity contribution in [3.63, 3.8) is 0 Å². The van der Waals surface area contributed by atoms with E-state index in [-0.39, 0.29) is 65.0 Å². The Bertz CT molecular complexity index is 1600. The van der Waals surface area contributed by atoms with Gasteiger partial charge in [0.15, 0.2) is 22.9 Å². The van der Waals surface area contributed by atoms with Crippen molar-refractivity contribution in [2.45, 2.75) is 38.5 Å². The lowest BCUT2D eigenvalue weighted by Crippen LogP contribution is -2.28. The van der Waals surface area contributed by atoms with Gasteiger partial charge < -0.3 is 21.1 Å². The maximum atomic E-state index is 13.7. The number of halogens is 4. The second kappa shape index (κ2) is 11.2. The molecule has 3 aromatic heterocycles. The molecule has 1 fully saturated rings. The smallest absolute Gasteiger partial charge is 0.426 e. The molecule has 2 unspecified atom stereocenters. The monoisotopic (exact) mass is 574 g/mol. The van der Waals surface area contributed by atoms with Gasteiger partial charge in [-0.3, -0.25) is 18.7 Å². The van der Waals surface area contributed by atoms with Gasteiger partial charge in [-0.15, -0.1) is 0 Å². The first kappa shape index (κ1) is 28.0. The minimum atomic E-state index is -4.79. The molecule has 0 aliphatic heterocycles. The number of fused-ring (bicyclic) bond motifs is 1. The molecule has 5 rings (SSSR count). The highest BCUT2D eigenvalue weighted by Crippen LogP contribution is 2.38. The number of carbonyl (C=O) groups is 2. The van der Waals surface area contributed by atoms with Gasteiger partial charge in [-0.1, -0.05) is 6.92 Å². The molecule has 1 aliphatic rings. The van der Waals surface area contributed by atoms with E-state index in [4.69, 9.17) is 10.5 Å². The van der Waals surface area contributed by atoms with Gasteiger partial charge in [-0.25, -0.2) is 14.4 Å². The van der Waals surface area contributed by atoms with Crippen molar-refractivity contribution >= 4 is 29.5 Å². The maximum absolute atomic E-state index is 13.7. The molecule has 15 heteroatoms. The fourth-order valence-electron chi connectivity index (χ4n) is 4.65. The van der Waals surface area contributed by atoms with Crippen molar-refractivity contribution < 1.29 is 31.9 Å². The molecule has 3 heterocycles. The van der Waals surface area contributed by atoms with Crippen LogP contribution >= 0.6 is 0 Å². The van der Waals surface area contributed by atoms with E-state index >= 15 is 0 Å². The lowest BCUT2D eigenvalue weighted by atomic mass is 10.0. The highest BCUT2D eigenvalue weighted by atomic mass is 19.4. The predicted octanol–water partition coefficient (Wildman–Crippen LogP) is 3.50. The van der Waals surface area contributed by atoms with Crippen LogP contribution in [0.25, 0.3) is 16.9 Å². The van der Waals surface area contributed by atoms with E-state index in [0.29, 0.717) is 24.1 Å². The Morgan fingerprint density at radius 3 is 2.73 bits per heavy atom. The normalized spacial score (nSPS) is 16.5. The van der Waals surface area contributed by atoms with Crippen LogP contribution in [0, 0.1) is 5.92 Å². The van der Waals surface area contributed by atoms with Crippen LogP contribution in [0.15, 0.2) is 36.9 Å². The fourth-order valence-corrected chi connectivity index (χ4v) is 4.65. The summed E-state index contributed by atoms with van der Waals surface area (Å²) in [6.45, 7) is 1.24. The number of rotatable bonds is 11. The number of aryl methyl sites for hydroxylation is 1. The molecule has 0 saturated heterocycles. The number of alkyl halides is 4. The zero-order valence-electron chi connectivity index (χ0n) is 21.8. The molecular formula is C26H26F4N8O3. The van der Waals surface area contributed by atoms with Crippen LogP contribution in [0.2, 0.25) is 0 Å². The maximum Gasteiger partial charge on any atom is 0.435 e. The number of hydrogen-bond acceptors (Lipinski definition) is 8. The third-order valence-electron chi connectivity index (χ3n) is 6.83. The number of nitrogens with zero attached hydrogens (tertiary/aromatic N) is 5. The molecule has 1 aromatic carbocycles. The van der Waals surface area contributed by atoms with Gasteiger partial charge >= 0.3 is 6.18 Å². The lowest BCUT2D eigenvalue weighted by Gasteiger charge is -2.17. The number of amides is 1. The van der Waals surface area contributed by atoms with Crippen molar-refractivity contribution in [2.75, 3.05) is 18.5 Å². The molecule has 1 amide bonds. The van der Waals surface area contributed by atoms with E-state index in [0.717, 1.165) is 17.3 Å². The van der Waals surface area contributed by atoms with Crippen LogP contribution in [0.3, 0.4) is 0 Å². The molecule has 41 heavy (non-hydrogen) atoms. The molecule has 4 N–H and O–H groups in total. The van der Waals surface area contributed by atoms with Crippen LogP contribution in [0.5, 0.6) is 5.75 Å². The summed E-state index contributed by atoms with van der Waals surface area (Å²) >= 11 is 0. The Morgan fingerprint density at radius 1 is 1.29 bits per heavy atom. The summed E-state index contributed by atoms with van der Waals surface area (Å²) in [7, 11) is 0. The Morgan fingerprint density at radius 2 is 2.07 bits per heavy atom. The number of nitrogens with one attached hydrogen (secondary N) is 2. The fraction of sp³-hybridized carbons (Fsp3) is 0.346. The predicted molar refractivity (Wildman–Crippen MR) is 139 cm³/mol. The topological polar surface area (TPSA) is 141 Å². The highest BCUT2D eigenvalue weighted by Gasteiger charge is 2.38. The first-order valence-corrected chi connectivity index (χ1v) is 12.8. The average Bonchev–Trinajstić information content (AvgIpc) is 3.28. The first-order chi connectivity index (χ1) is 19.7. The Hall–Kier alpha value is -4.53. The molecular weight excluding hydrogens is 548 g/mol. The third kappa shape index (κ3) is 5.57. The van der Waals surface area contributed by atoms with Crippen molar-refractivity contribution in [1.82, 2.24) is 29.5 Å². The van der Waals surface area contributed by atoms with Gasteiger partial charge in [0.25, 0.3) is 12.4 Å². The number of imidazole rings is 1. The second-order valence-corrected chi connectivity index (χ2v) is 9.48. The van der Waals surface area contributed by atoms with Crippen LogP contribution in [-0.4, -0.2) is 55.8 Å². The van der Waals surface area contributed by atoms with Crippen LogP contribution < -0.4 is 21.1 Å². The van der Waals surface area contributed by atoms with Gasteiger partial charge in [0, 0.05) is 42.3 Å². The van der Waals surface area contributed by atoms with E-state index < -0.39 is 18.5 Å². The molecule has 0 bridgehead atoms. The van der Waals surface area contributed by atoms with Crippen molar-refractivity contribution in [2.24, 2.45) is 11.7 Å². The number of aromatic nitrogens is 5. The number of hydrogen-bond donors (Lipinski definition) is 3. The number of anilines is 2. The largest absolute Gasteiger partial charge is 0.435 e. The molecule has 1 saturated carbocycles. The van der Waals surface area contributed by atoms with Crippen LogP contribution in [-0.2, 0) is 23.9 Å². The van der Waals surface area contributed by atoms with Crippen molar-refractivity contribution in [3.8, 4) is 17.0 Å². The molecule has 0 radical (unpaired) electrons. The van der Waals surface area contributed by atoms with Crippen molar-refractivity contribution in [1.29, 1.82) is 0 Å². The Kier molecular flexibility index (Phi) is 7.62. The second-order valence-electron chi connectivity index (χ2n) is 9.48. The summed E-state index contributed by atoms with van der Waals surface area (Å²) < 4.78 is 61.6. The zero-order valence-corrected chi connectivity index (χ0v) is 21.8. The quantitative estimate of drug-likeness (QED) is 0.183. The lowest BCUT2D eigenvalue weighted by molar-refractivity contribution is -0.141. The van der Waals surface area contributed by atoms with Gasteiger partial charge in [0.2, 0.25) is 0 Å². The van der Waals surface area contributed by atoms with E-state index in [1.807, 2.05) is 0 Å². The SMILES string of the molecule is CCc1c(C(=O)NCC2CC2N)ccc(Nc2nccn3c(-c4cn(CCF)nc4C(F)(F)F)cnc23)c1OC=O. The molecule has 4 aromatic rings. The number of ether oxygens (including phenoxy) is 1. The average molecular weight is 575 g/mol. The summed E-state index contributed by atoms with van der Waals surface area (Å²) in [5, 5.41) is 9.40. The summed E-state index contributed by atoms with van der Waals surface area (Å²) in [6.07, 6.45) is 1.52. The molecule has 1 aliphatic carbocycles. The standard InChI is InChI=1S/C26H26F4N8O3/c1-2-15-16(25(40)34-10-14-9-18(14)31)3-4-19(21(15)41-13-39)35-23-24-33-11-20(38(24)8-6-32-23)17-12-37(7-5-27)36-22(17)26(28,29)30/h3-4,6,8,11-14,18H,2,5,7,9-10,31H2,1H3,(H,32,35)(H,34,40). The minimum absolute atomic E-state index is 0.0592. The molecule has 216 valence electrons. The van der Waals surface area contributed by atoms with Gasteiger partial charge in [0.05, 0.1) is 29.7 Å². The van der Waals surface area contributed by atoms with Crippen LogP contribution in [0.1, 0.15) is 35.0 Å². The summed E-state index contributed by atoms with van der Waals surface area (Å²) in [6, 6.07) is 3.19. The molecule has 0 spiro atoms. The minimum Gasteiger partial charge on any atom is -0.426 e. The first-order valence-electron chi connectivity index (χ1n) is 12.8. The third-order valence-corrected chi connectivity index (χ3v) is 6.83. The Balaban J connectivity index is 1.51. The zero-order chi connectivity index (χ0) is 29.3. The molecule has 11 nitrogen and oxygen atoms in total. The summed E-state index contributed by atoms with van der Waals surface area (Å²) in [5.74, 6) is 0.129. The summed E-state index contributed by atoms with van der Waals surface area (Å²) in [5.41, 5.74) is 5.65.